The topological polar surface area (TPSA) is 92.5 Å². The van der Waals surface area contributed by atoms with E-state index < -0.39 is 0 Å². The maximum atomic E-state index is 13.5. The van der Waals surface area contributed by atoms with E-state index in [0.717, 1.165) is 35.6 Å². The van der Waals surface area contributed by atoms with Gasteiger partial charge in [0.15, 0.2) is 5.78 Å². The van der Waals surface area contributed by atoms with Gasteiger partial charge in [-0.15, -0.1) is 5.10 Å². The molecule has 0 aliphatic heterocycles. The van der Waals surface area contributed by atoms with Crippen molar-refractivity contribution in [2.45, 2.75) is 57.7 Å². The van der Waals surface area contributed by atoms with Gasteiger partial charge in [0.1, 0.15) is 5.69 Å². The Morgan fingerprint density at radius 1 is 1.09 bits per heavy atom. The minimum atomic E-state index is -0.123. The predicted octanol–water partition coefficient (Wildman–Crippen LogP) is 3.97. The number of hydrogen-bond donors (Lipinski definition) is 0. The zero-order valence-corrected chi connectivity index (χ0v) is 21.2. The molecule has 3 heterocycles. The van der Waals surface area contributed by atoms with Gasteiger partial charge in [-0.05, 0) is 62.2 Å². The van der Waals surface area contributed by atoms with Crippen LogP contribution in [0.4, 0.5) is 0 Å². The van der Waals surface area contributed by atoms with E-state index in [1.54, 1.807) is 4.68 Å². The number of Topliss-reactive ketones (excluding diaryl/α,β-unsaturated/α-hetero) is 1. The molecule has 0 radical (unpaired) electrons. The average molecular weight is 492 g/mol. The van der Waals surface area contributed by atoms with Crippen molar-refractivity contribution in [1.29, 1.82) is 0 Å². The quantitative estimate of drug-likeness (QED) is 0.287. The molecule has 0 unspecified atom stereocenters. The minimum absolute atomic E-state index is 0.00714. The van der Waals surface area contributed by atoms with Gasteiger partial charge in [0, 0.05) is 24.0 Å². The van der Waals surface area contributed by atoms with Gasteiger partial charge in [-0.3, -0.25) is 14.3 Å². The first-order chi connectivity index (χ1) is 16.9. The highest BCUT2D eigenvalue weighted by molar-refractivity contribution is 7.99. The van der Waals surface area contributed by atoms with Crippen LogP contribution in [0.1, 0.15) is 59.2 Å². The van der Waals surface area contributed by atoms with E-state index in [9.17, 15) is 9.59 Å². The molecule has 0 spiro atoms. The average Bonchev–Trinajstić information content (AvgIpc) is 3.63. The fourth-order valence-electron chi connectivity index (χ4n) is 5.07. The summed E-state index contributed by atoms with van der Waals surface area (Å²) < 4.78 is 7.28. The van der Waals surface area contributed by atoms with Crippen molar-refractivity contribution in [1.82, 2.24) is 34.1 Å². The Kier molecular flexibility index (Phi) is 6.22. The van der Waals surface area contributed by atoms with Crippen molar-refractivity contribution >= 4 is 17.5 Å². The molecule has 0 atom stereocenters. The smallest absolute Gasteiger partial charge is 0.295 e. The van der Waals surface area contributed by atoms with Crippen LogP contribution in [0.15, 0.2) is 46.3 Å². The Hall–Kier alpha value is -3.40. The molecule has 35 heavy (non-hydrogen) atoms. The third kappa shape index (κ3) is 4.05. The number of para-hydroxylation sites is 1. The van der Waals surface area contributed by atoms with Gasteiger partial charge in [-0.1, -0.05) is 42.8 Å². The van der Waals surface area contributed by atoms with E-state index in [1.807, 2.05) is 78.1 Å². The Morgan fingerprint density at radius 3 is 2.51 bits per heavy atom. The summed E-state index contributed by atoms with van der Waals surface area (Å²) in [5.41, 5.74) is 4.27. The van der Waals surface area contributed by atoms with Crippen molar-refractivity contribution in [3.8, 4) is 11.4 Å². The third-order valence-electron chi connectivity index (χ3n) is 6.94. The first-order valence-electron chi connectivity index (χ1n) is 11.9. The van der Waals surface area contributed by atoms with Gasteiger partial charge in [0.2, 0.25) is 5.16 Å². The molecule has 0 amide bonds. The summed E-state index contributed by atoms with van der Waals surface area (Å²) in [6.45, 7) is 5.75. The zero-order valence-electron chi connectivity index (χ0n) is 20.4. The first kappa shape index (κ1) is 23.3. The highest BCUT2D eigenvalue weighted by Gasteiger charge is 2.25. The molecule has 0 saturated heterocycles. The number of thioether (sulfide) groups is 1. The van der Waals surface area contributed by atoms with E-state index >= 15 is 0 Å². The Balaban J connectivity index is 1.44. The molecule has 0 N–H and O–H groups in total. The fourth-order valence-corrected chi connectivity index (χ4v) is 5.89. The second-order valence-corrected chi connectivity index (χ2v) is 10.0. The van der Waals surface area contributed by atoms with Gasteiger partial charge in [-0.2, -0.15) is 0 Å². The van der Waals surface area contributed by atoms with Crippen LogP contribution in [0.5, 0.6) is 0 Å². The van der Waals surface area contributed by atoms with Gasteiger partial charge in [0.25, 0.3) is 5.56 Å². The Bertz CT molecular complexity index is 1440. The summed E-state index contributed by atoms with van der Waals surface area (Å²) in [6.07, 6.45) is 4.52. The van der Waals surface area contributed by atoms with Gasteiger partial charge in [0.05, 0.1) is 23.2 Å². The summed E-state index contributed by atoms with van der Waals surface area (Å²) >= 11 is 1.37. The van der Waals surface area contributed by atoms with Gasteiger partial charge >= 0.3 is 0 Å². The maximum absolute atomic E-state index is 13.5. The molecule has 9 nitrogen and oxygen atoms in total. The molecular weight excluding hydrogens is 462 g/mol. The van der Waals surface area contributed by atoms with Gasteiger partial charge < -0.3 is 4.57 Å². The van der Waals surface area contributed by atoms with Crippen LogP contribution in [0, 0.1) is 20.8 Å². The maximum Gasteiger partial charge on any atom is 0.295 e. The molecule has 1 aliphatic carbocycles. The summed E-state index contributed by atoms with van der Waals surface area (Å²) in [5, 5.41) is 12.8. The summed E-state index contributed by atoms with van der Waals surface area (Å²) in [4.78, 5) is 26.8. The summed E-state index contributed by atoms with van der Waals surface area (Å²) in [5.74, 6) is 0.228. The highest BCUT2D eigenvalue weighted by atomic mass is 32.2. The predicted molar refractivity (Wildman–Crippen MR) is 135 cm³/mol. The third-order valence-corrected chi connectivity index (χ3v) is 7.88. The van der Waals surface area contributed by atoms with Crippen LogP contribution >= 0.6 is 11.8 Å². The Morgan fingerprint density at radius 2 is 1.80 bits per heavy atom. The number of carbonyl (C=O) groups is 1. The molecule has 1 fully saturated rings. The van der Waals surface area contributed by atoms with Crippen LogP contribution in [0.25, 0.3) is 11.4 Å². The fraction of sp³-hybridized carbons (Fsp3) is 0.400. The second-order valence-electron chi connectivity index (χ2n) is 9.09. The second kappa shape index (κ2) is 9.33. The number of carbonyl (C=O) groups excluding carboxylic acids is 1. The van der Waals surface area contributed by atoms with Crippen LogP contribution in [0.3, 0.4) is 0 Å². The lowest BCUT2D eigenvalue weighted by atomic mass is 10.2. The number of aromatic nitrogens is 7. The van der Waals surface area contributed by atoms with Crippen molar-refractivity contribution in [2.24, 2.45) is 7.05 Å². The lowest BCUT2D eigenvalue weighted by Crippen LogP contribution is -2.22. The van der Waals surface area contributed by atoms with Crippen molar-refractivity contribution in [3.05, 3.63) is 69.4 Å². The molecular formula is C25H29N7O2S. The molecule has 3 aromatic heterocycles. The van der Waals surface area contributed by atoms with Crippen LogP contribution in [-0.2, 0) is 7.05 Å². The monoisotopic (exact) mass is 491 g/mol. The Labute approximate surface area is 207 Å². The van der Waals surface area contributed by atoms with Crippen molar-refractivity contribution < 1.29 is 4.79 Å². The highest BCUT2D eigenvalue weighted by Crippen LogP contribution is 2.32. The minimum Gasteiger partial charge on any atom is -0.311 e. The molecule has 0 bridgehead atoms. The summed E-state index contributed by atoms with van der Waals surface area (Å²) in [6, 6.07) is 11.8. The lowest BCUT2D eigenvalue weighted by molar-refractivity contribution is 0.102. The number of benzene rings is 1. The van der Waals surface area contributed by atoms with Crippen LogP contribution < -0.4 is 5.56 Å². The number of hydrogen-bond acceptors (Lipinski definition) is 6. The van der Waals surface area contributed by atoms with Gasteiger partial charge in [-0.25, -0.2) is 9.36 Å². The van der Waals surface area contributed by atoms with E-state index in [2.05, 4.69) is 15.5 Å². The summed E-state index contributed by atoms with van der Waals surface area (Å²) in [7, 11) is 1.87. The molecule has 10 heteroatoms. The number of nitrogens with zero attached hydrogens (tertiary/aromatic N) is 7. The molecule has 182 valence electrons. The van der Waals surface area contributed by atoms with E-state index in [0.29, 0.717) is 22.4 Å². The van der Waals surface area contributed by atoms with Crippen LogP contribution in [0.2, 0.25) is 0 Å². The molecule has 4 aromatic rings. The molecule has 1 saturated carbocycles. The number of ketones is 1. The van der Waals surface area contributed by atoms with E-state index in [-0.39, 0.29) is 17.1 Å². The molecule has 1 aromatic carbocycles. The number of tetrazole rings is 1. The molecule has 5 rings (SSSR count). The zero-order chi connectivity index (χ0) is 24.7. The number of aryl methyl sites for hydroxylation is 1. The first-order valence-corrected chi connectivity index (χ1v) is 12.8. The van der Waals surface area contributed by atoms with E-state index in [4.69, 9.17) is 0 Å². The van der Waals surface area contributed by atoms with Crippen molar-refractivity contribution in [2.75, 3.05) is 5.75 Å². The lowest BCUT2D eigenvalue weighted by Gasteiger charge is -2.10. The van der Waals surface area contributed by atoms with Crippen LogP contribution in [-0.4, -0.2) is 45.7 Å². The normalized spacial score (nSPS) is 14.2. The SMILES string of the molecule is Cc1cc(C(=O)CSc2nnnn2C2CCCC2)c(C)n1-c1c(C)n(C)n(-c2ccccc2)c1=O. The molecule has 1 aliphatic rings. The largest absolute Gasteiger partial charge is 0.311 e. The number of rotatable bonds is 7. The van der Waals surface area contributed by atoms with E-state index in [1.165, 1.54) is 24.6 Å². The van der Waals surface area contributed by atoms with Crippen molar-refractivity contribution in [3.63, 3.8) is 0 Å². The standard InChI is InChI=1S/C25H29N7O2S/c1-16-14-21(22(33)15-35-25-26-27-28-31(25)19-10-8-9-11-19)17(2)30(16)23-18(3)29(4)32(24(23)34)20-12-6-5-7-13-20/h5-7,12-14,19H,8-11,15H2,1-4H3.